The quantitative estimate of drug-likeness (QED) is 0.492. The Bertz CT molecular complexity index is 735. The third-order valence-electron chi connectivity index (χ3n) is 2.98. The summed E-state index contributed by atoms with van der Waals surface area (Å²) < 4.78 is 27.6. The van der Waals surface area contributed by atoms with Gasteiger partial charge in [-0.3, -0.25) is 0 Å². The molecule has 0 spiro atoms. The molecule has 0 fully saturated rings. The first kappa shape index (κ1) is 16.6. The van der Waals surface area contributed by atoms with E-state index in [0.717, 1.165) is 6.07 Å². The molecule has 0 aromatic heterocycles. The smallest absolute Gasteiger partial charge is 0.365 e. The summed E-state index contributed by atoms with van der Waals surface area (Å²) in [7, 11) is 0. The van der Waals surface area contributed by atoms with Gasteiger partial charge in [0, 0.05) is 21.8 Å². The lowest BCUT2D eigenvalue weighted by Crippen LogP contribution is -2.40. The van der Waals surface area contributed by atoms with Crippen molar-refractivity contribution in [1.29, 1.82) is 0 Å². The lowest BCUT2D eigenvalue weighted by Gasteiger charge is -2.28. The fourth-order valence-electron chi connectivity index (χ4n) is 1.82. The third-order valence-corrected chi connectivity index (χ3v) is 3.49. The van der Waals surface area contributed by atoms with Gasteiger partial charge in [-0.2, -0.15) is 8.78 Å². The van der Waals surface area contributed by atoms with Gasteiger partial charge >= 0.3 is 5.38 Å². The predicted molar refractivity (Wildman–Crippen MR) is 83.9 cm³/mol. The lowest BCUT2D eigenvalue weighted by molar-refractivity contribution is -0.0920. The zero-order valence-electron chi connectivity index (χ0n) is 11.2. The van der Waals surface area contributed by atoms with E-state index < -0.39 is 11.0 Å². The molecule has 0 heterocycles. The monoisotopic (exact) mass is 341 g/mol. The maximum Gasteiger partial charge on any atom is 0.365 e. The summed E-state index contributed by atoms with van der Waals surface area (Å²) in [4.78, 5) is 0. The van der Waals surface area contributed by atoms with E-state index in [-0.39, 0.29) is 16.3 Å². The molecule has 0 saturated heterocycles. The molecule has 0 amide bonds. The Kier molecular flexibility index (Phi) is 4.62. The van der Waals surface area contributed by atoms with Crippen LogP contribution in [0.4, 0.5) is 14.5 Å². The fraction of sp³-hybridized carbons (Fsp3) is 0.125. The van der Waals surface area contributed by atoms with Gasteiger partial charge in [-0.15, -0.1) is 0 Å². The Morgan fingerprint density at radius 2 is 1.73 bits per heavy atom. The van der Waals surface area contributed by atoms with E-state index in [1.54, 1.807) is 30.3 Å². The van der Waals surface area contributed by atoms with Crippen LogP contribution in [0.2, 0.25) is 5.02 Å². The molecule has 0 aliphatic carbocycles. The Hall–Kier alpha value is -1.80. The van der Waals surface area contributed by atoms with Gasteiger partial charge in [0.2, 0.25) is 5.60 Å². The summed E-state index contributed by atoms with van der Waals surface area (Å²) in [6, 6.07) is 12.2. The largest absolute Gasteiger partial charge is 0.398 e. The number of hydrogen-bond acceptors (Lipinski definition) is 2. The Balaban J connectivity index is 2.60. The van der Waals surface area contributed by atoms with Crippen LogP contribution in [-0.4, -0.2) is 10.5 Å². The normalized spacial score (nSPS) is 13.9. The summed E-state index contributed by atoms with van der Waals surface area (Å²) in [5.41, 5.74) is 2.70. The number of rotatable bonds is 2. The lowest BCUT2D eigenvalue weighted by atomic mass is 9.92. The molecular formula is C16H11Cl2F2NO. The summed E-state index contributed by atoms with van der Waals surface area (Å²) >= 11 is 10.9. The van der Waals surface area contributed by atoms with Gasteiger partial charge in [0.25, 0.3) is 0 Å². The molecule has 22 heavy (non-hydrogen) atoms. The molecule has 1 atom stereocenters. The van der Waals surface area contributed by atoms with Gasteiger partial charge in [0.15, 0.2) is 0 Å². The van der Waals surface area contributed by atoms with Crippen molar-refractivity contribution in [1.82, 2.24) is 0 Å². The zero-order chi connectivity index (χ0) is 16.4. The molecule has 0 bridgehead atoms. The number of aliphatic hydroxyl groups is 1. The predicted octanol–water partition coefficient (Wildman–Crippen LogP) is 3.99. The van der Waals surface area contributed by atoms with E-state index in [4.69, 9.17) is 28.9 Å². The molecule has 0 aliphatic rings. The first-order chi connectivity index (χ1) is 10.2. The summed E-state index contributed by atoms with van der Waals surface area (Å²) in [5.74, 6) is 4.60. The number of benzene rings is 2. The molecule has 0 saturated carbocycles. The van der Waals surface area contributed by atoms with Crippen LogP contribution in [0.3, 0.4) is 0 Å². The van der Waals surface area contributed by atoms with Gasteiger partial charge in [-0.05, 0) is 47.9 Å². The van der Waals surface area contributed by atoms with Crippen LogP contribution in [0.25, 0.3) is 0 Å². The van der Waals surface area contributed by atoms with E-state index in [1.165, 1.54) is 12.1 Å². The van der Waals surface area contributed by atoms with Gasteiger partial charge in [0.05, 0.1) is 0 Å². The van der Waals surface area contributed by atoms with Gasteiger partial charge in [-0.1, -0.05) is 35.7 Å². The summed E-state index contributed by atoms with van der Waals surface area (Å²) in [6.07, 6.45) is 0. The molecule has 2 nitrogen and oxygen atoms in total. The first-order valence-corrected chi connectivity index (χ1v) is 6.92. The van der Waals surface area contributed by atoms with Crippen LogP contribution in [0.5, 0.6) is 0 Å². The van der Waals surface area contributed by atoms with Gasteiger partial charge in [-0.25, -0.2) is 0 Å². The Labute approximate surface area is 136 Å². The third kappa shape index (κ3) is 3.33. The maximum atomic E-state index is 13.8. The number of nitrogen functional groups attached to an aromatic ring is 1. The zero-order valence-corrected chi connectivity index (χ0v) is 12.7. The number of halogens is 4. The maximum absolute atomic E-state index is 13.8. The van der Waals surface area contributed by atoms with E-state index >= 15 is 0 Å². The molecule has 3 N–H and O–H groups in total. The van der Waals surface area contributed by atoms with E-state index in [2.05, 4.69) is 11.8 Å². The molecule has 2 rings (SSSR count). The first-order valence-electron chi connectivity index (χ1n) is 6.17. The topological polar surface area (TPSA) is 46.2 Å². The van der Waals surface area contributed by atoms with Crippen LogP contribution < -0.4 is 5.73 Å². The van der Waals surface area contributed by atoms with Crippen LogP contribution in [0.15, 0.2) is 48.5 Å². The second kappa shape index (κ2) is 6.13. The average Bonchev–Trinajstić information content (AvgIpc) is 2.47. The van der Waals surface area contributed by atoms with Crippen molar-refractivity contribution in [2.24, 2.45) is 0 Å². The Morgan fingerprint density at radius 1 is 1.09 bits per heavy atom. The van der Waals surface area contributed by atoms with Crippen molar-refractivity contribution in [3.05, 3.63) is 64.7 Å². The molecule has 2 aromatic carbocycles. The Morgan fingerprint density at radius 3 is 2.32 bits per heavy atom. The average molecular weight is 342 g/mol. The van der Waals surface area contributed by atoms with Crippen molar-refractivity contribution >= 4 is 28.9 Å². The van der Waals surface area contributed by atoms with Crippen LogP contribution in [0.1, 0.15) is 11.1 Å². The van der Waals surface area contributed by atoms with Gasteiger partial charge < -0.3 is 10.8 Å². The molecule has 0 aliphatic heterocycles. The van der Waals surface area contributed by atoms with Crippen LogP contribution in [0, 0.1) is 11.8 Å². The summed E-state index contributed by atoms with van der Waals surface area (Å²) in [6.45, 7) is 0. The van der Waals surface area contributed by atoms with E-state index in [9.17, 15) is 13.9 Å². The van der Waals surface area contributed by atoms with E-state index in [1.807, 2.05) is 0 Å². The van der Waals surface area contributed by atoms with Gasteiger partial charge in [0.1, 0.15) is 0 Å². The molecule has 0 radical (unpaired) electrons. The second-order valence-electron chi connectivity index (χ2n) is 4.56. The summed E-state index contributed by atoms with van der Waals surface area (Å²) in [5, 5.41) is 6.46. The SMILES string of the molecule is Nc1ccc(Cl)cc1C(O)(C#Cc1ccccc1)C(F)(F)Cl. The van der Waals surface area contributed by atoms with Crippen molar-refractivity contribution < 1.29 is 13.9 Å². The van der Waals surface area contributed by atoms with Crippen molar-refractivity contribution in [2.45, 2.75) is 11.0 Å². The minimum absolute atomic E-state index is 0.0883. The highest BCUT2D eigenvalue weighted by Crippen LogP contribution is 2.43. The molecule has 114 valence electrons. The number of nitrogens with two attached hydrogens (primary N) is 1. The second-order valence-corrected chi connectivity index (χ2v) is 5.47. The minimum atomic E-state index is -4.06. The van der Waals surface area contributed by atoms with Crippen molar-refractivity contribution in [3.8, 4) is 11.8 Å². The molecule has 6 heteroatoms. The molecular weight excluding hydrogens is 331 g/mol. The molecule has 2 aromatic rings. The number of alkyl halides is 3. The number of anilines is 1. The highest BCUT2D eigenvalue weighted by Gasteiger charge is 2.53. The standard InChI is InChI=1S/C16H11Cl2F2NO/c17-12-6-7-14(21)13(10-12)15(22,16(18,19)20)9-8-11-4-2-1-3-5-11/h1-7,10,22H,21H2. The highest BCUT2D eigenvalue weighted by molar-refractivity contribution is 6.30. The highest BCUT2D eigenvalue weighted by atomic mass is 35.5. The van der Waals surface area contributed by atoms with E-state index in [0.29, 0.717) is 5.56 Å². The van der Waals surface area contributed by atoms with Crippen LogP contribution in [-0.2, 0) is 5.60 Å². The van der Waals surface area contributed by atoms with Crippen molar-refractivity contribution in [3.63, 3.8) is 0 Å². The molecule has 1 unspecified atom stereocenters. The fourth-order valence-corrected chi connectivity index (χ4v) is 2.14. The number of hydrogen-bond donors (Lipinski definition) is 2. The van der Waals surface area contributed by atoms with Crippen LogP contribution >= 0.6 is 23.2 Å². The minimum Gasteiger partial charge on any atom is -0.398 e. The van der Waals surface area contributed by atoms with Crippen molar-refractivity contribution in [2.75, 3.05) is 5.73 Å².